The summed E-state index contributed by atoms with van der Waals surface area (Å²) in [5.41, 5.74) is 8.07. The van der Waals surface area contributed by atoms with Crippen molar-refractivity contribution in [3.05, 3.63) is 29.3 Å². The van der Waals surface area contributed by atoms with E-state index in [-0.39, 0.29) is 11.9 Å². The Hall–Kier alpha value is -1.51. The molecule has 0 spiro atoms. The van der Waals surface area contributed by atoms with Crippen molar-refractivity contribution in [3.8, 4) is 0 Å². The number of rotatable bonds is 3. The van der Waals surface area contributed by atoms with E-state index in [0.29, 0.717) is 17.2 Å². The first-order chi connectivity index (χ1) is 8.58. The molecule has 98 valence electrons. The quantitative estimate of drug-likeness (QED) is 0.806. The minimum Gasteiger partial charge on any atom is -0.398 e. The molecule has 1 aliphatic rings. The Bertz CT molecular complexity index is 436. The Balaban J connectivity index is 2.04. The number of hydrogen-bond acceptors (Lipinski definition) is 2. The van der Waals surface area contributed by atoms with Gasteiger partial charge in [-0.3, -0.25) is 4.79 Å². The normalized spacial score (nSPS) is 17.7. The number of amides is 1. The first-order valence-electron chi connectivity index (χ1n) is 6.75. The van der Waals surface area contributed by atoms with Crippen LogP contribution in [0, 0.1) is 12.8 Å². The van der Waals surface area contributed by atoms with Crippen LogP contribution in [0.1, 0.15) is 48.5 Å². The third-order valence-electron chi connectivity index (χ3n) is 3.92. The lowest BCUT2D eigenvalue weighted by atomic mass is 9.99. The largest absolute Gasteiger partial charge is 0.398 e. The highest BCUT2D eigenvalue weighted by Crippen LogP contribution is 2.27. The van der Waals surface area contributed by atoms with Crippen LogP contribution in [0.3, 0.4) is 0 Å². The van der Waals surface area contributed by atoms with Crippen molar-refractivity contribution < 1.29 is 4.79 Å². The van der Waals surface area contributed by atoms with E-state index in [4.69, 9.17) is 5.73 Å². The zero-order chi connectivity index (χ0) is 13.1. The summed E-state index contributed by atoms with van der Waals surface area (Å²) in [5, 5.41) is 3.09. The van der Waals surface area contributed by atoms with Gasteiger partial charge < -0.3 is 11.1 Å². The first kappa shape index (κ1) is 12.9. The van der Waals surface area contributed by atoms with Gasteiger partial charge in [0.15, 0.2) is 0 Å². The van der Waals surface area contributed by atoms with Crippen LogP contribution in [-0.2, 0) is 0 Å². The smallest absolute Gasteiger partial charge is 0.253 e. The summed E-state index contributed by atoms with van der Waals surface area (Å²) in [6, 6.07) is 5.81. The number of nitrogen functional groups attached to an aromatic ring is 1. The lowest BCUT2D eigenvalue weighted by molar-refractivity contribution is 0.0928. The molecule has 1 amide bonds. The van der Waals surface area contributed by atoms with Crippen molar-refractivity contribution in [2.24, 2.45) is 5.92 Å². The second-order valence-electron chi connectivity index (χ2n) is 5.40. The van der Waals surface area contributed by atoms with Gasteiger partial charge in [0.05, 0.1) is 5.56 Å². The molecule has 3 N–H and O–H groups in total. The van der Waals surface area contributed by atoms with Crippen molar-refractivity contribution in [1.29, 1.82) is 0 Å². The highest BCUT2D eigenvalue weighted by Gasteiger charge is 2.23. The van der Waals surface area contributed by atoms with Gasteiger partial charge in [-0.1, -0.05) is 24.5 Å². The molecule has 2 rings (SSSR count). The Labute approximate surface area is 109 Å². The van der Waals surface area contributed by atoms with E-state index in [9.17, 15) is 4.79 Å². The number of nitrogens with one attached hydrogen (secondary N) is 1. The summed E-state index contributed by atoms with van der Waals surface area (Å²) < 4.78 is 0. The topological polar surface area (TPSA) is 55.1 Å². The van der Waals surface area contributed by atoms with Crippen molar-refractivity contribution >= 4 is 11.6 Å². The molecule has 1 aromatic carbocycles. The van der Waals surface area contributed by atoms with E-state index in [1.807, 2.05) is 19.1 Å². The predicted octanol–water partition coefficient (Wildman–Crippen LogP) is 2.89. The van der Waals surface area contributed by atoms with Crippen molar-refractivity contribution in [2.45, 2.75) is 45.6 Å². The van der Waals surface area contributed by atoms with E-state index in [1.165, 1.54) is 25.7 Å². The molecule has 0 heterocycles. The average Bonchev–Trinajstić information content (AvgIpc) is 2.85. The van der Waals surface area contributed by atoms with Crippen molar-refractivity contribution in [3.63, 3.8) is 0 Å². The van der Waals surface area contributed by atoms with E-state index in [2.05, 4.69) is 12.2 Å². The molecule has 0 unspecified atom stereocenters. The summed E-state index contributed by atoms with van der Waals surface area (Å²) in [6.45, 7) is 4.07. The third-order valence-corrected chi connectivity index (χ3v) is 3.92. The molecule has 0 saturated heterocycles. The Kier molecular flexibility index (Phi) is 3.90. The highest BCUT2D eigenvalue weighted by molar-refractivity contribution is 5.99. The van der Waals surface area contributed by atoms with Crippen molar-refractivity contribution in [2.75, 3.05) is 5.73 Å². The average molecular weight is 246 g/mol. The van der Waals surface area contributed by atoms with E-state index in [1.54, 1.807) is 6.07 Å². The molecule has 3 nitrogen and oxygen atoms in total. The van der Waals surface area contributed by atoms with Crippen LogP contribution in [0.15, 0.2) is 18.2 Å². The number of benzene rings is 1. The van der Waals surface area contributed by atoms with Gasteiger partial charge in [0, 0.05) is 11.7 Å². The fraction of sp³-hybridized carbons (Fsp3) is 0.533. The second-order valence-corrected chi connectivity index (χ2v) is 5.40. The minimum atomic E-state index is -0.0457. The van der Waals surface area contributed by atoms with Crippen LogP contribution in [-0.4, -0.2) is 11.9 Å². The molecule has 1 atom stereocenters. The molecule has 0 radical (unpaired) electrons. The number of carbonyl (C=O) groups excluding carboxylic acids is 1. The summed E-state index contributed by atoms with van der Waals surface area (Å²) in [7, 11) is 0. The number of carbonyl (C=O) groups is 1. The molecule has 18 heavy (non-hydrogen) atoms. The molecule has 3 heteroatoms. The monoisotopic (exact) mass is 246 g/mol. The molecule has 1 aromatic rings. The van der Waals surface area contributed by atoms with Gasteiger partial charge in [-0.2, -0.15) is 0 Å². The fourth-order valence-electron chi connectivity index (χ4n) is 2.73. The maximum absolute atomic E-state index is 12.2. The minimum absolute atomic E-state index is 0.0457. The lowest BCUT2D eigenvalue weighted by Crippen LogP contribution is -2.37. The van der Waals surface area contributed by atoms with Crippen LogP contribution in [0.5, 0.6) is 0 Å². The zero-order valence-corrected chi connectivity index (χ0v) is 11.2. The van der Waals surface area contributed by atoms with Gasteiger partial charge in [-0.05, 0) is 44.7 Å². The summed E-state index contributed by atoms with van der Waals surface area (Å²) >= 11 is 0. The van der Waals surface area contributed by atoms with Gasteiger partial charge in [0.25, 0.3) is 5.91 Å². The van der Waals surface area contributed by atoms with Crippen LogP contribution in [0.25, 0.3) is 0 Å². The number of nitrogens with two attached hydrogens (primary N) is 1. The van der Waals surface area contributed by atoms with Gasteiger partial charge in [0.1, 0.15) is 0 Å². The van der Waals surface area contributed by atoms with Crippen molar-refractivity contribution in [1.82, 2.24) is 5.32 Å². The van der Waals surface area contributed by atoms with Crippen LogP contribution in [0.4, 0.5) is 5.69 Å². The molecule has 1 fully saturated rings. The zero-order valence-electron chi connectivity index (χ0n) is 11.2. The SMILES string of the molecule is Cc1ccc(N)c(C(=O)N[C@H](C)C2CCCC2)c1. The van der Waals surface area contributed by atoms with E-state index >= 15 is 0 Å². The molecule has 1 aliphatic carbocycles. The van der Waals surface area contributed by atoms with Crippen LogP contribution >= 0.6 is 0 Å². The van der Waals surface area contributed by atoms with Crippen LogP contribution in [0.2, 0.25) is 0 Å². The molecule has 0 aromatic heterocycles. The molecular weight excluding hydrogens is 224 g/mol. The predicted molar refractivity (Wildman–Crippen MR) is 74.5 cm³/mol. The molecular formula is C15H22N2O. The highest BCUT2D eigenvalue weighted by atomic mass is 16.1. The number of anilines is 1. The Morgan fingerprint density at radius 1 is 1.39 bits per heavy atom. The first-order valence-corrected chi connectivity index (χ1v) is 6.75. The Morgan fingerprint density at radius 3 is 2.72 bits per heavy atom. The van der Waals surface area contributed by atoms with Gasteiger partial charge in [-0.15, -0.1) is 0 Å². The molecule has 0 aliphatic heterocycles. The van der Waals surface area contributed by atoms with E-state index < -0.39 is 0 Å². The Morgan fingerprint density at radius 2 is 2.06 bits per heavy atom. The van der Waals surface area contributed by atoms with Gasteiger partial charge in [-0.25, -0.2) is 0 Å². The summed E-state index contributed by atoms with van der Waals surface area (Å²) in [5.74, 6) is 0.579. The summed E-state index contributed by atoms with van der Waals surface area (Å²) in [6.07, 6.45) is 5.03. The van der Waals surface area contributed by atoms with E-state index in [0.717, 1.165) is 5.56 Å². The number of aryl methyl sites for hydroxylation is 1. The van der Waals surface area contributed by atoms with Gasteiger partial charge >= 0.3 is 0 Å². The maximum Gasteiger partial charge on any atom is 0.253 e. The molecule has 1 saturated carbocycles. The molecule has 0 bridgehead atoms. The maximum atomic E-state index is 12.2. The number of hydrogen-bond donors (Lipinski definition) is 2. The fourth-order valence-corrected chi connectivity index (χ4v) is 2.73. The third kappa shape index (κ3) is 2.84. The van der Waals surface area contributed by atoms with Gasteiger partial charge in [0.2, 0.25) is 0 Å². The van der Waals surface area contributed by atoms with Crippen LogP contribution < -0.4 is 11.1 Å². The second kappa shape index (κ2) is 5.42. The summed E-state index contributed by atoms with van der Waals surface area (Å²) in [4.78, 5) is 12.2. The lowest BCUT2D eigenvalue weighted by Gasteiger charge is -2.20. The standard InChI is InChI=1S/C15H22N2O/c1-10-7-8-14(16)13(9-10)15(18)17-11(2)12-5-3-4-6-12/h7-9,11-12H,3-6,16H2,1-2H3,(H,17,18)/t11-/m1/s1.